The molecule has 0 spiro atoms. The highest BCUT2D eigenvalue weighted by atomic mass is 16.2. The average Bonchev–Trinajstić information content (AvgIpc) is 2.71. The maximum absolute atomic E-state index is 11.1. The number of carbonyl (C=O) groups is 1. The van der Waals surface area contributed by atoms with Crippen LogP contribution in [0.3, 0.4) is 0 Å². The summed E-state index contributed by atoms with van der Waals surface area (Å²) in [6.45, 7) is 4.46. The molecule has 1 rings (SSSR count). The van der Waals surface area contributed by atoms with Crippen LogP contribution in [0.25, 0.3) is 0 Å². The Hall–Kier alpha value is -0.650. The summed E-state index contributed by atoms with van der Waals surface area (Å²) in [6, 6.07) is 1.09. The normalized spacial score (nSPS) is 23.0. The number of carbonyl (C=O) groups excluding carboxylic acids is 1. The number of likely N-dealkylation sites (tertiary alicyclic amines) is 1. The number of likely N-dealkylation sites (N-methyl/N-ethyl adjacent to an activating group) is 2. The van der Waals surface area contributed by atoms with Crippen molar-refractivity contribution < 1.29 is 4.79 Å². The highest BCUT2D eigenvalue weighted by Crippen LogP contribution is 2.17. The summed E-state index contributed by atoms with van der Waals surface area (Å²) in [7, 11) is 4.33. The van der Waals surface area contributed by atoms with E-state index in [9.17, 15) is 4.79 Å². The van der Waals surface area contributed by atoms with Crippen LogP contribution in [0.15, 0.2) is 0 Å². The highest BCUT2D eigenvalue weighted by molar-refractivity contribution is 5.75. The molecule has 1 amide bonds. The first-order valence-corrected chi connectivity index (χ1v) is 6.44. The van der Waals surface area contributed by atoms with E-state index in [1.54, 1.807) is 0 Å². The van der Waals surface area contributed by atoms with Gasteiger partial charge in [0.15, 0.2) is 0 Å². The van der Waals surface area contributed by atoms with Crippen molar-refractivity contribution in [2.45, 2.75) is 44.7 Å². The van der Waals surface area contributed by atoms with Gasteiger partial charge in [-0.2, -0.15) is 0 Å². The van der Waals surface area contributed by atoms with E-state index in [4.69, 9.17) is 5.84 Å². The smallest absolute Gasteiger partial charge is 0.233 e. The Morgan fingerprint density at radius 3 is 2.88 bits per heavy atom. The Morgan fingerprint density at radius 2 is 2.35 bits per heavy atom. The molecule has 0 saturated carbocycles. The number of nitrogens with zero attached hydrogens (tertiary/aromatic N) is 2. The van der Waals surface area contributed by atoms with Gasteiger partial charge >= 0.3 is 0 Å². The first-order chi connectivity index (χ1) is 8.04. The molecule has 100 valence electrons. The van der Waals surface area contributed by atoms with Gasteiger partial charge in [0.25, 0.3) is 0 Å². The Labute approximate surface area is 104 Å². The molecule has 0 bridgehead atoms. The number of amides is 1. The van der Waals surface area contributed by atoms with Crippen LogP contribution in [0.1, 0.15) is 32.6 Å². The lowest BCUT2D eigenvalue weighted by Gasteiger charge is -2.30. The second-order valence-electron chi connectivity index (χ2n) is 5.17. The summed E-state index contributed by atoms with van der Waals surface area (Å²) in [5.74, 6) is 4.98. The predicted molar refractivity (Wildman–Crippen MR) is 69.3 cm³/mol. The van der Waals surface area contributed by atoms with E-state index < -0.39 is 0 Å². The van der Waals surface area contributed by atoms with Gasteiger partial charge in [-0.3, -0.25) is 10.2 Å². The third-order valence-corrected chi connectivity index (χ3v) is 3.87. The van der Waals surface area contributed by atoms with Gasteiger partial charge in [-0.25, -0.2) is 5.84 Å². The van der Waals surface area contributed by atoms with Gasteiger partial charge in [0.05, 0.1) is 0 Å². The Kier molecular flexibility index (Phi) is 5.88. The van der Waals surface area contributed by atoms with Gasteiger partial charge in [-0.05, 0) is 46.8 Å². The van der Waals surface area contributed by atoms with Crippen molar-refractivity contribution in [2.75, 3.05) is 27.2 Å². The maximum atomic E-state index is 11.1. The zero-order valence-electron chi connectivity index (χ0n) is 11.3. The quantitative estimate of drug-likeness (QED) is 0.396. The molecule has 0 aromatic carbocycles. The summed E-state index contributed by atoms with van der Waals surface area (Å²) in [5.41, 5.74) is 2.17. The van der Waals surface area contributed by atoms with Crippen molar-refractivity contribution >= 4 is 5.91 Å². The molecule has 1 fully saturated rings. The van der Waals surface area contributed by atoms with Crippen LogP contribution in [-0.4, -0.2) is 55.0 Å². The zero-order valence-corrected chi connectivity index (χ0v) is 11.3. The van der Waals surface area contributed by atoms with E-state index in [2.05, 4.69) is 36.2 Å². The number of hydrogen-bond acceptors (Lipinski definition) is 4. The Balaban J connectivity index is 2.26. The van der Waals surface area contributed by atoms with E-state index in [0.717, 1.165) is 13.0 Å². The molecule has 1 aliphatic heterocycles. The summed E-state index contributed by atoms with van der Waals surface area (Å²) < 4.78 is 0. The minimum absolute atomic E-state index is 0.0803. The van der Waals surface area contributed by atoms with Crippen LogP contribution in [0.5, 0.6) is 0 Å². The van der Waals surface area contributed by atoms with Crippen molar-refractivity contribution in [3.05, 3.63) is 0 Å². The molecule has 1 aliphatic rings. The molecule has 0 aromatic rings. The maximum Gasteiger partial charge on any atom is 0.233 e. The molecule has 0 aliphatic carbocycles. The number of nitrogens with one attached hydrogen (secondary N) is 1. The lowest BCUT2D eigenvalue weighted by molar-refractivity contribution is -0.121. The van der Waals surface area contributed by atoms with Gasteiger partial charge in [0.1, 0.15) is 0 Å². The van der Waals surface area contributed by atoms with E-state index >= 15 is 0 Å². The molecule has 0 aromatic heterocycles. The Morgan fingerprint density at radius 1 is 1.65 bits per heavy atom. The van der Waals surface area contributed by atoms with Crippen molar-refractivity contribution in [1.29, 1.82) is 0 Å². The molecule has 17 heavy (non-hydrogen) atoms. The topological polar surface area (TPSA) is 61.6 Å². The molecule has 1 heterocycles. The van der Waals surface area contributed by atoms with Gasteiger partial charge in [0, 0.05) is 25.0 Å². The van der Waals surface area contributed by atoms with Crippen molar-refractivity contribution in [2.24, 2.45) is 5.84 Å². The first kappa shape index (κ1) is 14.4. The summed E-state index contributed by atoms with van der Waals surface area (Å²) in [6.07, 6.45) is 3.95. The highest BCUT2D eigenvalue weighted by Gasteiger charge is 2.23. The van der Waals surface area contributed by atoms with Gasteiger partial charge in [-0.15, -0.1) is 0 Å². The second kappa shape index (κ2) is 6.93. The van der Waals surface area contributed by atoms with E-state index in [-0.39, 0.29) is 5.91 Å². The molecule has 2 unspecified atom stereocenters. The fourth-order valence-corrected chi connectivity index (χ4v) is 2.35. The number of hydrogen-bond donors (Lipinski definition) is 2. The van der Waals surface area contributed by atoms with Crippen molar-refractivity contribution in [3.8, 4) is 0 Å². The monoisotopic (exact) mass is 242 g/mol. The molecule has 5 heteroatoms. The molecule has 5 nitrogen and oxygen atoms in total. The van der Waals surface area contributed by atoms with E-state index in [0.29, 0.717) is 18.5 Å². The van der Waals surface area contributed by atoms with Crippen LogP contribution < -0.4 is 11.3 Å². The van der Waals surface area contributed by atoms with Crippen LogP contribution >= 0.6 is 0 Å². The molecular formula is C12H26N4O. The summed E-state index contributed by atoms with van der Waals surface area (Å²) in [4.78, 5) is 15.8. The standard InChI is InChI=1S/C12H26N4O/c1-10(6-7-12(17)14-13)16(3)9-11-5-4-8-15(11)2/h10-11H,4-9,13H2,1-3H3,(H,14,17). The van der Waals surface area contributed by atoms with Crippen LogP contribution in [0, 0.1) is 0 Å². The Bertz CT molecular complexity index is 247. The number of nitrogens with two attached hydrogens (primary N) is 1. The molecule has 3 N–H and O–H groups in total. The fourth-order valence-electron chi connectivity index (χ4n) is 2.35. The van der Waals surface area contributed by atoms with Crippen LogP contribution in [-0.2, 0) is 4.79 Å². The molecule has 2 atom stereocenters. The van der Waals surface area contributed by atoms with E-state index in [1.165, 1.54) is 19.4 Å². The number of hydrazine groups is 1. The SMILES string of the molecule is CC(CCC(=O)NN)N(C)CC1CCCN1C. The summed E-state index contributed by atoms with van der Waals surface area (Å²) in [5, 5.41) is 0. The van der Waals surface area contributed by atoms with Crippen molar-refractivity contribution in [3.63, 3.8) is 0 Å². The fraction of sp³-hybridized carbons (Fsp3) is 0.917. The predicted octanol–water partition coefficient (Wildman–Crippen LogP) is 0.171. The zero-order chi connectivity index (χ0) is 12.8. The minimum Gasteiger partial charge on any atom is -0.302 e. The van der Waals surface area contributed by atoms with Gasteiger partial charge in [-0.1, -0.05) is 0 Å². The van der Waals surface area contributed by atoms with E-state index in [1.807, 2.05) is 0 Å². The third kappa shape index (κ3) is 4.61. The molecule has 0 radical (unpaired) electrons. The third-order valence-electron chi connectivity index (χ3n) is 3.87. The van der Waals surface area contributed by atoms with Crippen LogP contribution in [0.4, 0.5) is 0 Å². The first-order valence-electron chi connectivity index (χ1n) is 6.44. The summed E-state index contributed by atoms with van der Waals surface area (Å²) >= 11 is 0. The number of rotatable bonds is 6. The van der Waals surface area contributed by atoms with Crippen LogP contribution in [0.2, 0.25) is 0 Å². The molecule has 1 saturated heterocycles. The van der Waals surface area contributed by atoms with Gasteiger partial charge in [0.2, 0.25) is 5.91 Å². The molecular weight excluding hydrogens is 216 g/mol. The lowest BCUT2D eigenvalue weighted by Crippen LogP contribution is -2.41. The lowest BCUT2D eigenvalue weighted by atomic mass is 10.1. The van der Waals surface area contributed by atoms with Gasteiger partial charge < -0.3 is 9.80 Å². The largest absolute Gasteiger partial charge is 0.302 e. The minimum atomic E-state index is -0.0803. The average molecular weight is 242 g/mol. The van der Waals surface area contributed by atoms with Crippen molar-refractivity contribution in [1.82, 2.24) is 15.2 Å². The second-order valence-corrected chi connectivity index (χ2v) is 5.17.